The van der Waals surface area contributed by atoms with E-state index >= 15 is 0 Å². The van der Waals surface area contributed by atoms with Gasteiger partial charge in [0.25, 0.3) is 0 Å². The maximum Gasteiger partial charge on any atom is 0.490 e. The van der Waals surface area contributed by atoms with Gasteiger partial charge >= 0.3 is 24.3 Å². The molecule has 2 fully saturated rings. The molecule has 9 nitrogen and oxygen atoms in total. The quantitative estimate of drug-likeness (QED) is 0.535. The lowest BCUT2D eigenvalue weighted by molar-refractivity contribution is -0.193. The van der Waals surface area contributed by atoms with Crippen LogP contribution in [0.25, 0.3) is 0 Å². The summed E-state index contributed by atoms with van der Waals surface area (Å²) in [5, 5.41) is 16.9. The molecule has 0 saturated carbocycles. The van der Waals surface area contributed by atoms with Crippen LogP contribution in [0.2, 0.25) is 0 Å². The molecule has 0 radical (unpaired) electrons. The number of halogens is 6. The maximum absolute atomic E-state index is 11.7. The van der Waals surface area contributed by atoms with Crippen molar-refractivity contribution in [2.24, 2.45) is 5.92 Å². The van der Waals surface area contributed by atoms with Crippen LogP contribution in [0.4, 0.5) is 26.3 Å². The maximum atomic E-state index is 11.7. The number of aliphatic carboxylic acids is 2. The van der Waals surface area contributed by atoms with Crippen LogP contribution >= 0.6 is 0 Å². The van der Waals surface area contributed by atoms with Crippen molar-refractivity contribution in [2.45, 2.75) is 43.9 Å². The van der Waals surface area contributed by atoms with Crippen LogP contribution in [0.1, 0.15) is 18.4 Å². The van der Waals surface area contributed by atoms with E-state index in [-0.39, 0.29) is 18.1 Å². The van der Waals surface area contributed by atoms with Crippen LogP contribution in [-0.4, -0.2) is 82.6 Å². The molecule has 0 aliphatic carbocycles. The second-order valence-electron chi connectivity index (χ2n) is 7.26. The third-order valence-electron chi connectivity index (χ3n) is 4.82. The van der Waals surface area contributed by atoms with Gasteiger partial charge in [-0.05, 0) is 43.0 Å². The third kappa shape index (κ3) is 9.91. The first-order valence-electron chi connectivity index (χ1n) is 9.73. The highest BCUT2D eigenvalue weighted by molar-refractivity contribution is 5.80. The Labute approximate surface area is 189 Å². The van der Waals surface area contributed by atoms with Crippen LogP contribution in [0.5, 0.6) is 0 Å². The Morgan fingerprint density at radius 2 is 1.59 bits per heavy atom. The molecule has 2 aliphatic rings. The molecule has 0 bridgehead atoms. The number of ether oxygens (including phenoxy) is 1. The van der Waals surface area contributed by atoms with E-state index in [0.29, 0.717) is 5.92 Å². The minimum absolute atomic E-state index is 0.0140. The molecule has 0 spiro atoms. The van der Waals surface area contributed by atoms with Crippen LogP contribution in [0.15, 0.2) is 24.5 Å². The van der Waals surface area contributed by atoms with E-state index in [1.807, 2.05) is 12.4 Å². The van der Waals surface area contributed by atoms with Crippen molar-refractivity contribution >= 4 is 17.8 Å². The van der Waals surface area contributed by atoms with E-state index in [2.05, 4.69) is 27.3 Å². The fraction of sp³-hybridized carbons (Fsp3) is 0.579. The molecule has 192 valence electrons. The second kappa shape index (κ2) is 12.5. The van der Waals surface area contributed by atoms with Gasteiger partial charge in [0.2, 0.25) is 5.91 Å². The molecule has 1 amide bonds. The highest BCUT2D eigenvalue weighted by atomic mass is 19.4. The standard InChI is InChI=1S/C15H21N3O2.2C2HF3O2/c1-16-15(19)13-8-12-4-7-18(10-14(12)20-13)9-11-2-5-17-6-3-11;2*3-2(4,5)1(6)7/h2-3,5-6,12-14H,4,7-10H2,1H3,(H,16,19);2*(H,6,7)/t12-,13+,14+;;/m0../s1. The summed E-state index contributed by atoms with van der Waals surface area (Å²) >= 11 is 0. The monoisotopic (exact) mass is 503 g/mol. The van der Waals surface area contributed by atoms with Crippen molar-refractivity contribution in [1.82, 2.24) is 15.2 Å². The van der Waals surface area contributed by atoms with Gasteiger partial charge < -0.3 is 20.3 Å². The molecule has 3 rings (SSSR count). The fourth-order valence-corrected chi connectivity index (χ4v) is 3.21. The summed E-state index contributed by atoms with van der Waals surface area (Å²) in [6.07, 6.45) is -4.58. The average Bonchev–Trinajstić information content (AvgIpc) is 3.17. The predicted octanol–water partition coefficient (Wildman–Crippen LogP) is 2.07. The van der Waals surface area contributed by atoms with Gasteiger partial charge in [0, 0.05) is 32.5 Å². The highest BCUT2D eigenvalue weighted by Crippen LogP contribution is 2.33. The van der Waals surface area contributed by atoms with Crippen molar-refractivity contribution < 1.29 is 55.7 Å². The Bertz CT molecular complexity index is 797. The number of nitrogens with zero attached hydrogens (tertiary/aromatic N) is 2. The number of carboxylic acids is 2. The Balaban J connectivity index is 0.000000343. The molecule has 15 heteroatoms. The number of hydrogen-bond acceptors (Lipinski definition) is 6. The zero-order valence-electron chi connectivity index (χ0n) is 17.8. The van der Waals surface area contributed by atoms with Crippen LogP contribution in [0, 0.1) is 5.92 Å². The summed E-state index contributed by atoms with van der Waals surface area (Å²) < 4.78 is 69.4. The van der Waals surface area contributed by atoms with E-state index in [4.69, 9.17) is 24.5 Å². The third-order valence-corrected chi connectivity index (χ3v) is 4.82. The van der Waals surface area contributed by atoms with Crippen molar-refractivity contribution in [2.75, 3.05) is 20.1 Å². The number of likely N-dealkylation sites (N-methyl/N-ethyl adjacent to an activating group) is 1. The van der Waals surface area contributed by atoms with Gasteiger partial charge in [-0.25, -0.2) is 9.59 Å². The first-order chi connectivity index (χ1) is 15.6. The van der Waals surface area contributed by atoms with Crippen LogP contribution < -0.4 is 5.32 Å². The zero-order valence-corrected chi connectivity index (χ0v) is 17.8. The number of nitrogens with one attached hydrogen (secondary N) is 1. The van der Waals surface area contributed by atoms with Gasteiger partial charge in [-0.2, -0.15) is 26.3 Å². The number of hydrogen-bond donors (Lipinski definition) is 3. The molecule has 2 aliphatic heterocycles. The summed E-state index contributed by atoms with van der Waals surface area (Å²) in [5.74, 6) is -4.97. The van der Waals surface area contributed by atoms with E-state index < -0.39 is 24.3 Å². The number of alkyl halides is 6. The van der Waals surface area contributed by atoms with Crippen LogP contribution in [0.3, 0.4) is 0 Å². The van der Waals surface area contributed by atoms with Crippen molar-refractivity contribution in [1.29, 1.82) is 0 Å². The normalized spacial score (nSPS) is 22.3. The number of carbonyl (C=O) groups is 3. The molecule has 34 heavy (non-hydrogen) atoms. The van der Waals surface area contributed by atoms with Gasteiger partial charge in [0.1, 0.15) is 6.10 Å². The Morgan fingerprint density at radius 3 is 2.03 bits per heavy atom. The lowest BCUT2D eigenvalue weighted by Crippen LogP contribution is -2.42. The second-order valence-corrected chi connectivity index (χ2v) is 7.26. The van der Waals surface area contributed by atoms with Crippen molar-refractivity contribution in [3.63, 3.8) is 0 Å². The molecule has 3 atom stereocenters. The Hall–Kier alpha value is -2.94. The van der Waals surface area contributed by atoms with Gasteiger partial charge in [0.15, 0.2) is 0 Å². The lowest BCUT2D eigenvalue weighted by atomic mass is 9.91. The van der Waals surface area contributed by atoms with E-state index in [9.17, 15) is 31.1 Å². The van der Waals surface area contributed by atoms with Crippen LogP contribution in [-0.2, 0) is 25.7 Å². The summed E-state index contributed by atoms with van der Waals surface area (Å²) in [5.41, 5.74) is 1.28. The van der Waals surface area contributed by atoms with Gasteiger partial charge in [-0.15, -0.1) is 0 Å². The number of piperidine rings is 1. The number of carboxylic acid groups (broad SMARTS) is 2. The van der Waals surface area contributed by atoms with E-state index in [1.165, 1.54) is 5.56 Å². The smallest absolute Gasteiger partial charge is 0.475 e. The molecule has 3 heterocycles. The number of fused-ring (bicyclic) bond motifs is 1. The summed E-state index contributed by atoms with van der Waals surface area (Å²) in [6, 6.07) is 4.10. The molecule has 0 aromatic carbocycles. The molecule has 2 saturated heterocycles. The first kappa shape index (κ1) is 29.1. The highest BCUT2D eigenvalue weighted by Gasteiger charge is 2.41. The topological polar surface area (TPSA) is 129 Å². The fourth-order valence-electron chi connectivity index (χ4n) is 3.21. The summed E-state index contributed by atoms with van der Waals surface area (Å²) in [6.45, 7) is 2.92. The lowest BCUT2D eigenvalue weighted by Gasteiger charge is -2.34. The summed E-state index contributed by atoms with van der Waals surface area (Å²) in [4.78, 5) is 35.9. The minimum atomic E-state index is -5.08. The zero-order chi connectivity index (χ0) is 26.1. The molecule has 1 aromatic rings. The minimum Gasteiger partial charge on any atom is -0.475 e. The number of likely N-dealkylation sites (tertiary alicyclic amines) is 1. The van der Waals surface area contributed by atoms with Gasteiger partial charge in [-0.3, -0.25) is 14.7 Å². The number of carbonyl (C=O) groups excluding carboxylic acids is 1. The number of pyridine rings is 1. The Kier molecular flexibility index (Phi) is 10.7. The predicted molar refractivity (Wildman–Crippen MR) is 102 cm³/mol. The summed E-state index contributed by atoms with van der Waals surface area (Å²) in [7, 11) is 1.67. The van der Waals surface area contributed by atoms with Crippen molar-refractivity contribution in [3.8, 4) is 0 Å². The average molecular weight is 503 g/mol. The first-order valence-corrected chi connectivity index (χ1v) is 9.73. The van der Waals surface area contributed by atoms with E-state index in [0.717, 1.165) is 32.5 Å². The number of amides is 1. The SMILES string of the molecule is CNC(=O)[C@H]1C[C@@H]2CCN(Cc3ccncc3)C[C@H]2O1.O=C(O)C(F)(F)F.O=C(O)C(F)(F)F. The molecular formula is C19H23F6N3O6. The molecule has 0 unspecified atom stereocenters. The molecule has 3 N–H and O–H groups in total. The number of aromatic nitrogens is 1. The van der Waals surface area contributed by atoms with Crippen molar-refractivity contribution in [3.05, 3.63) is 30.1 Å². The Morgan fingerprint density at radius 1 is 1.09 bits per heavy atom. The largest absolute Gasteiger partial charge is 0.490 e. The molecular weight excluding hydrogens is 480 g/mol. The van der Waals surface area contributed by atoms with E-state index in [1.54, 1.807) is 7.05 Å². The number of rotatable bonds is 3. The van der Waals surface area contributed by atoms with Gasteiger partial charge in [-0.1, -0.05) is 0 Å². The molecule has 1 aromatic heterocycles. The van der Waals surface area contributed by atoms with Gasteiger partial charge in [0.05, 0.1) is 6.10 Å².